The third-order valence-corrected chi connectivity index (χ3v) is 5.30. The number of nitrogens with two attached hydrogens (primary N) is 1. The van der Waals surface area contributed by atoms with Crippen LogP contribution in [0.1, 0.15) is 52.3 Å². The summed E-state index contributed by atoms with van der Waals surface area (Å²) in [6.45, 7) is 5.72. The molecule has 0 aliphatic rings. The SMILES string of the molecule is Cc1nc2c(C(N)=O)cnn2c(C)c1CCC(=O)NC(C)c1cccc(Br)c1. The highest BCUT2D eigenvalue weighted by Crippen LogP contribution is 2.20. The van der Waals surface area contributed by atoms with Gasteiger partial charge in [0.05, 0.1) is 12.2 Å². The van der Waals surface area contributed by atoms with Gasteiger partial charge in [-0.05, 0) is 50.5 Å². The minimum atomic E-state index is -0.560. The largest absolute Gasteiger partial charge is 0.365 e. The van der Waals surface area contributed by atoms with Gasteiger partial charge >= 0.3 is 0 Å². The molecule has 3 rings (SSSR count). The van der Waals surface area contributed by atoms with Crippen LogP contribution < -0.4 is 11.1 Å². The zero-order valence-electron chi connectivity index (χ0n) is 16.0. The van der Waals surface area contributed by atoms with Gasteiger partial charge in [0, 0.05) is 22.3 Å². The molecule has 3 aromatic rings. The Bertz CT molecular complexity index is 1060. The van der Waals surface area contributed by atoms with Crippen LogP contribution in [-0.2, 0) is 11.2 Å². The molecule has 0 radical (unpaired) electrons. The molecule has 0 saturated heterocycles. The molecule has 0 aliphatic heterocycles. The number of amides is 2. The lowest BCUT2D eigenvalue weighted by atomic mass is 10.0. The van der Waals surface area contributed by atoms with Crippen molar-refractivity contribution in [2.45, 2.75) is 39.7 Å². The lowest BCUT2D eigenvalue weighted by Crippen LogP contribution is -2.27. The molecule has 0 spiro atoms. The summed E-state index contributed by atoms with van der Waals surface area (Å²) in [5.74, 6) is -0.598. The first-order chi connectivity index (χ1) is 13.3. The van der Waals surface area contributed by atoms with E-state index in [4.69, 9.17) is 5.73 Å². The summed E-state index contributed by atoms with van der Waals surface area (Å²) >= 11 is 3.45. The van der Waals surface area contributed by atoms with Gasteiger partial charge in [-0.3, -0.25) is 9.59 Å². The maximum absolute atomic E-state index is 12.4. The molecule has 1 atom stereocenters. The molecule has 2 aromatic heterocycles. The number of rotatable bonds is 6. The molecule has 146 valence electrons. The number of primary amides is 1. The van der Waals surface area contributed by atoms with Gasteiger partial charge < -0.3 is 11.1 Å². The molecule has 7 nitrogen and oxygen atoms in total. The number of hydrogen-bond acceptors (Lipinski definition) is 4. The van der Waals surface area contributed by atoms with Crippen molar-refractivity contribution in [1.82, 2.24) is 19.9 Å². The highest BCUT2D eigenvalue weighted by Gasteiger charge is 2.17. The lowest BCUT2D eigenvalue weighted by molar-refractivity contribution is -0.121. The standard InChI is InChI=1S/C20H22BrN5O2/c1-11(14-5-4-6-15(21)9-14)24-18(27)8-7-16-12(2)25-20-17(19(22)28)10-23-26(20)13(16)3/h4-6,9-11H,7-8H2,1-3H3,(H2,22,28)(H,24,27). The average Bonchev–Trinajstić information content (AvgIpc) is 3.05. The second-order valence-electron chi connectivity index (χ2n) is 6.76. The third kappa shape index (κ3) is 4.06. The number of carbonyl (C=O) groups excluding carboxylic acids is 2. The Morgan fingerprint density at radius 3 is 2.75 bits per heavy atom. The van der Waals surface area contributed by atoms with Crippen molar-refractivity contribution >= 4 is 33.4 Å². The van der Waals surface area contributed by atoms with Gasteiger partial charge in [-0.2, -0.15) is 5.10 Å². The molecule has 8 heteroatoms. The molecule has 2 amide bonds. The Morgan fingerprint density at radius 2 is 2.07 bits per heavy atom. The molecule has 0 fully saturated rings. The van der Waals surface area contributed by atoms with E-state index in [1.54, 1.807) is 4.52 Å². The summed E-state index contributed by atoms with van der Waals surface area (Å²) in [5, 5.41) is 7.24. The second kappa shape index (κ2) is 8.10. The van der Waals surface area contributed by atoms with Gasteiger partial charge in [-0.25, -0.2) is 9.50 Å². The van der Waals surface area contributed by atoms with E-state index in [1.165, 1.54) is 6.20 Å². The van der Waals surface area contributed by atoms with Crippen LogP contribution in [0.3, 0.4) is 0 Å². The first-order valence-electron chi connectivity index (χ1n) is 8.96. The highest BCUT2D eigenvalue weighted by molar-refractivity contribution is 9.10. The van der Waals surface area contributed by atoms with E-state index in [0.29, 0.717) is 24.1 Å². The number of hydrogen-bond donors (Lipinski definition) is 2. The van der Waals surface area contributed by atoms with Gasteiger partial charge in [0.2, 0.25) is 5.91 Å². The van der Waals surface area contributed by atoms with Crippen molar-refractivity contribution in [3.8, 4) is 0 Å². The van der Waals surface area contributed by atoms with E-state index in [1.807, 2.05) is 45.0 Å². The van der Waals surface area contributed by atoms with Crippen LogP contribution >= 0.6 is 15.9 Å². The van der Waals surface area contributed by atoms with E-state index in [-0.39, 0.29) is 11.9 Å². The Morgan fingerprint density at radius 1 is 1.32 bits per heavy atom. The zero-order valence-corrected chi connectivity index (χ0v) is 17.6. The van der Waals surface area contributed by atoms with E-state index >= 15 is 0 Å². The molecule has 28 heavy (non-hydrogen) atoms. The topological polar surface area (TPSA) is 102 Å². The van der Waals surface area contributed by atoms with Gasteiger partial charge in [-0.1, -0.05) is 28.1 Å². The first kappa shape index (κ1) is 20.0. The number of aromatic nitrogens is 3. The number of carbonyl (C=O) groups is 2. The number of benzene rings is 1. The molecule has 0 aliphatic carbocycles. The summed E-state index contributed by atoms with van der Waals surface area (Å²) in [4.78, 5) is 28.4. The van der Waals surface area contributed by atoms with Crippen molar-refractivity contribution in [2.24, 2.45) is 5.73 Å². The predicted molar refractivity (Wildman–Crippen MR) is 110 cm³/mol. The van der Waals surface area contributed by atoms with Crippen molar-refractivity contribution in [3.63, 3.8) is 0 Å². The number of nitrogens with zero attached hydrogens (tertiary/aromatic N) is 3. The van der Waals surface area contributed by atoms with E-state index in [2.05, 4.69) is 31.3 Å². The van der Waals surface area contributed by atoms with Crippen molar-refractivity contribution in [1.29, 1.82) is 0 Å². The smallest absolute Gasteiger partial charge is 0.254 e. The van der Waals surface area contributed by atoms with Gasteiger partial charge in [0.1, 0.15) is 5.56 Å². The van der Waals surface area contributed by atoms with Crippen molar-refractivity contribution < 1.29 is 9.59 Å². The van der Waals surface area contributed by atoms with E-state index < -0.39 is 5.91 Å². The second-order valence-corrected chi connectivity index (χ2v) is 7.68. The van der Waals surface area contributed by atoms with Crippen LogP contribution in [0.15, 0.2) is 34.9 Å². The van der Waals surface area contributed by atoms with Crippen LogP contribution in [0.2, 0.25) is 0 Å². The fourth-order valence-corrected chi connectivity index (χ4v) is 3.68. The maximum atomic E-state index is 12.4. The maximum Gasteiger partial charge on any atom is 0.254 e. The number of fused-ring (bicyclic) bond motifs is 1. The van der Waals surface area contributed by atoms with E-state index in [9.17, 15) is 9.59 Å². The lowest BCUT2D eigenvalue weighted by Gasteiger charge is -2.16. The molecule has 2 heterocycles. The quantitative estimate of drug-likeness (QED) is 0.610. The normalized spacial score (nSPS) is 12.1. The van der Waals surface area contributed by atoms with Crippen LogP contribution in [0.4, 0.5) is 0 Å². The Hall–Kier alpha value is -2.74. The van der Waals surface area contributed by atoms with E-state index in [0.717, 1.165) is 27.0 Å². The third-order valence-electron chi connectivity index (χ3n) is 4.80. The summed E-state index contributed by atoms with van der Waals surface area (Å²) in [5.41, 5.74) is 9.70. The molecule has 0 saturated carbocycles. The Balaban J connectivity index is 1.72. The summed E-state index contributed by atoms with van der Waals surface area (Å²) in [7, 11) is 0. The van der Waals surface area contributed by atoms with Crippen LogP contribution in [0.25, 0.3) is 5.65 Å². The Kier molecular flexibility index (Phi) is 5.79. The highest BCUT2D eigenvalue weighted by atomic mass is 79.9. The van der Waals surface area contributed by atoms with Crippen molar-refractivity contribution in [3.05, 3.63) is 63.0 Å². The predicted octanol–water partition coefficient (Wildman–Crippen LogP) is 3.02. The zero-order chi connectivity index (χ0) is 20.4. The van der Waals surface area contributed by atoms with Gasteiger partial charge in [-0.15, -0.1) is 0 Å². The summed E-state index contributed by atoms with van der Waals surface area (Å²) < 4.78 is 2.58. The molecule has 0 bridgehead atoms. The molecular weight excluding hydrogens is 422 g/mol. The number of aryl methyl sites for hydroxylation is 2. The molecule has 3 N–H and O–H groups in total. The summed E-state index contributed by atoms with van der Waals surface area (Å²) in [6, 6.07) is 7.78. The van der Waals surface area contributed by atoms with Crippen LogP contribution in [0.5, 0.6) is 0 Å². The average molecular weight is 444 g/mol. The minimum absolute atomic E-state index is 0.0373. The molecule has 1 aromatic carbocycles. The summed E-state index contributed by atoms with van der Waals surface area (Å²) in [6.07, 6.45) is 2.29. The van der Waals surface area contributed by atoms with Crippen LogP contribution in [-0.4, -0.2) is 26.4 Å². The Labute approximate surface area is 171 Å². The monoisotopic (exact) mass is 443 g/mol. The fourth-order valence-electron chi connectivity index (χ4n) is 3.26. The fraction of sp³-hybridized carbons (Fsp3) is 0.300. The van der Waals surface area contributed by atoms with Gasteiger partial charge in [0.25, 0.3) is 5.91 Å². The first-order valence-corrected chi connectivity index (χ1v) is 9.75. The number of nitrogens with one attached hydrogen (secondary N) is 1. The number of halogens is 1. The minimum Gasteiger partial charge on any atom is -0.365 e. The molecular formula is C20H22BrN5O2. The van der Waals surface area contributed by atoms with Gasteiger partial charge in [0.15, 0.2) is 5.65 Å². The van der Waals surface area contributed by atoms with Crippen LogP contribution in [0, 0.1) is 13.8 Å². The molecule has 1 unspecified atom stereocenters. The van der Waals surface area contributed by atoms with Crippen molar-refractivity contribution in [2.75, 3.05) is 0 Å².